The van der Waals surface area contributed by atoms with Gasteiger partial charge in [0.2, 0.25) is 5.91 Å². The highest BCUT2D eigenvalue weighted by atomic mass is 16.5. The van der Waals surface area contributed by atoms with Crippen molar-refractivity contribution in [3.63, 3.8) is 0 Å². The SMILES string of the molecule is CC(CCCC(=O)O)NC(=O)C[C@@H](NC(=O)OCC1c2ccccc2-c2ccccc21)C(C)C. The average Bonchev–Trinajstić information content (AvgIpc) is 3.10. The van der Waals surface area contributed by atoms with Gasteiger partial charge in [0.1, 0.15) is 6.61 Å². The summed E-state index contributed by atoms with van der Waals surface area (Å²) in [5, 5.41) is 14.5. The molecule has 1 aliphatic carbocycles. The van der Waals surface area contributed by atoms with E-state index in [0.717, 1.165) is 11.1 Å². The van der Waals surface area contributed by atoms with E-state index in [4.69, 9.17) is 9.84 Å². The van der Waals surface area contributed by atoms with Crippen molar-refractivity contribution in [3.8, 4) is 11.1 Å². The molecular weight excluding hydrogens is 432 g/mol. The molecule has 3 rings (SSSR count). The molecule has 2 atom stereocenters. The number of ether oxygens (including phenoxy) is 1. The standard InChI is InChI=1S/C27H34N2O5/c1-17(2)24(15-25(30)28-18(3)9-8-14-26(31)32)29-27(33)34-16-23-21-12-6-4-10-19(21)20-11-5-7-13-22(20)23/h4-7,10-13,17-18,23-24H,8-9,14-16H2,1-3H3,(H,28,30)(H,29,33)(H,31,32)/t18?,24-/m1/s1. The smallest absolute Gasteiger partial charge is 0.407 e. The highest BCUT2D eigenvalue weighted by Crippen LogP contribution is 2.44. The summed E-state index contributed by atoms with van der Waals surface area (Å²) < 4.78 is 5.62. The minimum Gasteiger partial charge on any atom is -0.481 e. The monoisotopic (exact) mass is 466 g/mol. The van der Waals surface area contributed by atoms with Crippen LogP contribution in [0.1, 0.15) is 63.5 Å². The molecule has 0 aromatic heterocycles. The summed E-state index contributed by atoms with van der Waals surface area (Å²) in [4.78, 5) is 35.7. The summed E-state index contributed by atoms with van der Waals surface area (Å²) in [6.07, 6.45) is 0.762. The number of benzene rings is 2. The first-order valence-corrected chi connectivity index (χ1v) is 11.9. The van der Waals surface area contributed by atoms with E-state index in [2.05, 4.69) is 34.9 Å². The van der Waals surface area contributed by atoms with Gasteiger partial charge in [-0.15, -0.1) is 0 Å². The van der Waals surface area contributed by atoms with Crippen LogP contribution in [0.25, 0.3) is 11.1 Å². The van der Waals surface area contributed by atoms with Gasteiger partial charge in [-0.1, -0.05) is 62.4 Å². The van der Waals surface area contributed by atoms with Crippen molar-refractivity contribution in [1.29, 1.82) is 0 Å². The predicted octanol–water partition coefficient (Wildman–Crippen LogP) is 4.70. The molecule has 0 saturated carbocycles. The summed E-state index contributed by atoms with van der Waals surface area (Å²) in [5.74, 6) is -1.01. The van der Waals surface area contributed by atoms with E-state index in [0.29, 0.717) is 12.8 Å². The molecule has 2 amide bonds. The van der Waals surface area contributed by atoms with E-state index in [1.807, 2.05) is 45.0 Å². The van der Waals surface area contributed by atoms with Gasteiger partial charge in [0.15, 0.2) is 0 Å². The Hall–Kier alpha value is -3.35. The van der Waals surface area contributed by atoms with Gasteiger partial charge in [-0.2, -0.15) is 0 Å². The summed E-state index contributed by atoms with van der Waals surface area (Å²) in [7, 11) is 0. The Labute approximate surface area is 200 Å². The molecule has 0 heterocycles. The molecule has 1 aliphatic rings. The molecule has 0 radical (unpaired) electrons. The zero-order valence-electron chi connectivity index (χ0n) is 20.0. The second-order valence-corrected chi connectivity index (χ2v) is 9.28. The topological polar surface area (TPSA) is 105 Å². The lowest BCUT2D eigenvalue weighted by Gasteiger charge is -2.23. The van der Waals surface area contributed by atoms with Crippen LogP contribution < -0.4 is 10.6 Å². The third-order valence-corrected chi connectivity index (χ3v) is 6.29. The van der Waals surface area contributed by atoms with Crippen LogP contribution in [0, 0.1) is 5.92 Å². The molecule has 0 aliphatic heterocycles. The fraction of sp³-hybridized carbons (Fsp3) is 0.444. The summed E-state index contributed by atoms with van der Waals surface area (Å²) in [6, 6.07) is 15.8. The number of amides is 2. The third kappa shape index (κ3) is 6.59. The second-order valence-electron chi connectivity index (χ2n) is 9.28. The average molecular weight is 467 g/mol. The molecule has 34 heavy (non-hydrogen) atoms. The molecule has 1 unspecified atom stereocenters. The summed E-state index contributed by atoms with van der Waals surface area (Å²) >= 11 is 0. The minimum absolute atomic E-state index is 0.0226. The van der Waals surface area contributed by atoms with Gasteiger partial charge < -0.3 is 20.5 Å². The van der Waals surface area contributed by atoms with Gasteiger partial charge in [-0.3, -0.25) is 9.59 Å². The van der Waals surface area contributed by atoms with E-state index < -0.39 is 12.1 Å². The van der Waals surface area contributed by atoms with Crippen LogP contribution in [0.2, 0.25) is 0 Å². The molecule has 7 nitrogen and oxygen atoms in total. The summed E-state index contributed by atoms with van der Waals surface area (Å²) in [6.45, 7) is 5.95. The van der Waals surface area contributed by atoms with Crippen LogP contribution in [0.3, 0.4) is 0 Å². The van der Waals surface area contributed by atoms with Crippen LogP contribution in [-0.4, -0.2) is 41.8 Å². The number of alkyl carbamates (subject to hydrolysis) is 1. The normalized spacial score (nSPS) is 14.1. The number of nitrogens with one attached hydrogen (secondary N) is 2. The number of carboxylic acid groups (broad SMARTS) is 1. The fourth-order valence-electron chi connectivity index (χ4n) is 4.41. The lowest BCUT2D eigenvalue weighted by molar-refractivity contribution is -0.137. The van der Waals surface area contributed by atoms with Gasteiger partial charge in [-0.25, -0.2) is 4.79 Å². The minimum atomic E-state index is -0.842. The highest BCUT2D eigenvalue weighted by Gasteiger charge is 2.29. The van der Waals surface area contributed by atoms with Crippen molar-refractivity contribution in [1.82, 2.24) is 10.6 Å². The van der Waals surface area contributed by atoms with E-state index in [1.165, 1.54) is 11.1 Å². The van der Waals surface area contributed by atoms with Gasteiger partial charge in [0, 0.05) is 30.8 Å². The van der Waals surface area contributed by atoms with Crippen LogP contribution in [0.4, 0.5) is 4.79 Å². The molecule has 0 bridgehead atoms. The fourth-order valence-corrected chi connectivity index (χ4v) is 4.41. The molecule has 182 valence electrons. The number of carbonyl (C=O) groups excluding carboxylic acids is 2. The second kappa shape index (κ2) is 11.7. The maximum Gasteiger partial charge on any atom is 0.407 e. The number of hydrogen-bond donors (Lipinski definition) is 3. The van der Waals surface area contributed by atoms with E-state index in [1.54, 1.807) is 0 Å². The molecule has 2 aromatic carbocycles. The Morgan fingerprint density at radius 2 is 1.53 bits per heavy atom. The van der Waals surface area contributed by atoms with Crippen molar-refractivity contribution >= 4 is 18.0 Å². The van der Waals surface area contributed by atoms with E-state index in [-0.39, 0.29) is 49.3 Å². The Morgan fingerprint density at radius 1 is 0.941 bits per heavy atom. The maximum atomic E-state index is 12.6. The van der Waals surface area contributed by atoms with Gasteiger partial charge in [-0.05, 0) is 47.9 Å². The Balaban J connectivity index is 1.53. The number of fused-ring (bicyclic) bond motifs is 3. The van der Waals surface area contributed by atoms with Crippen molar-refractivity contribution in [2.45, 2.75) is 64.5 Å². The van der Waals surface area contributed by atoms with Crippen LogP contribution in [0.5, 0.6) is 0 Å². The number of hydrogen-bond acceptors (Lipinski definition) is 4. The van der Waals surface area contributed by atoms with Crippen LogP contribution in [-0.2, 0) is 14.3 Å². The highest BCUT2D eigenvalue weighted by molar-refractivity contribution is 5.79. The lowest BCUT2D eigenvalue weighted by Crippen LogP contribution is -2.44. The largest absolute Gasteiger partial charge is 0.481 e. The maximum absolute atomic E-state index is 12.6. The number of aliphatic carboxylic acids is 1. The van der Waals surface area contributed by atoms with Crippen molar-refractivity contribution < 1.29 is 24.2 Å². The van der Waals surface area contributed by atoms with Gasteiger partial charge in [0.25, 0.3) is 0 Å². The van der Waals surface area contributed by atoms with Gasteiger partial charge >= 0.3 is 12.1 Å². The quantitative estimate of drug-likeness (QED) is 0.445. The molecule has 7 heteroatoms. The molecule has 2 aromatic rings. The first-order chi connectivity index (χ1) is 16.3. The number of rotatable bonds is 11. The molecule has 0 spiro atoms. The van der Waals surface area contributed by atoms with Crippen LogP contribution >= 0.6 is 0 Å². The number of carbonyl (C=O) groups is 3. The molecule has 3 N–H and O–H groups in total. The zero-order chi connectivity index (χ0) is 24.7. The first-order valence-electron chi connectivity index (χ1n) is 11.9. The Kier molecular flexibility index (Phi) is 8.68. The van der Waals surface area contributed by atoms with Crippen LogP contribution in [0.15, 0.2) is 48.5 Å². The first kappa shape index (κ1) is 25.3. The van der Waals surface area contributed by atoms with Gasteiger partial charge in [0.05, 0.1) is 0 Å². The number of carboxylic acids is 1. The van der Waals surface area contributed by atoms with E-state index in [9.17, 15) is 14.4 Å². The Morgan fingerprint density at radius 3 is 2.09 bits per heavy atom. The molecule has 0 saturated heterocycles. The van der Waals surface area contributed by atoms with E-state index >= 15 is 0 Å². The third-order valence-electron chi connectivity index (χ3n) is 6.29. The predicted molar refractivity (Wildman–Crippen MR) is 131 cm³/mol. The zero-order valence-corrected chi connectivity index (χ0v) is 20.0. The van der Waals surface area contributed by atoms with Crippen molar-refractivity contribution in [2.75, 3.05) is 6.61 Å². The Bertz CT molecular complexity index is 974. The van der Waals surface area contributed by atoms with Crippen molar-refractivity contribution in [3.05, 3.63) is 59.7 Å². The lowest BCUT2D eigenvalue weighted by atomic mass is 9.98. The summed E-state index contributed by atoms with van der Waals surface area (Å²) in [5.41, 5.74) is 4.63. The molecule has 0 fully saturated rings. The van der Waals surface area contributed by atoms with Crippen molar-refractivity contribution in [2.24, 2.45) is 5.92 Å². The molecular formula is C27H34N2O5.